The lowest BCUT2D eigenvalue weighted by Crippen LogP contribution is -2.61. The van der Waals surface area contributed by atoms with E-state index in [1.807, 2.05) is 37.4 Å². The number of H-pyrrole nitrogens is 1. The summed E-state index contributed by atoms with van der Waals surface area (Å²) in [6.45, 7) is 10.3. The number of fused-ring (bicyclic) bond motifs is 1. The predicted octanol–water partition coefficient (Wildman–Crippen LogP) is 5.49. The van der Waals surface area contributed by atoms with Gasteiger partial charge in [-0.3, -0.25) is 9.59 Å². The zero-order chi connectivity index (χ0) is 27.7. The van der Waals surface area contributed by atoms with E-state index in [1.54, 1.807) is 0 Å². The SMILES string of the molecule is CSc1cc(C)[nH]c(=O)c1CNC(=O)c1c(C)n([C@H](C)CC2CCC(NC3(C)COC3)CC2)c2ccccc12. The number of thioether (sulfide) groups is 1. The monoisotopic (exact) mass is 550 g/mol. The highest BCUT2D eigenvalue weighted by Gasteiger charge is 2.36. The maximum atomic E-state index is 13.6. The maximum Gasteiger partial charge on any atom is 0.254 e. The number of hydrogen-bond acceptors (Lipinski definition) is 5. The van der Waals surface area contributed by atoms with Crippen LogP contribution in [0.25, 0.3) is 10.9 Å². The third-order valence-electron chi connectivity index (χ3n) is 8.61. The molecule has 7 nitrogen and oxygen atoms in total. The number of rotatable bonds is 9. The van der Waals surface area contributed by atoms with Gasteiger partial charge in [0.1, 0.15) is 0 Å². The molecule has 1 atom stereocenters. The van der Waals surface area contributed by atoms with Crippen molar-refractivity contribution in [3.05, 3.63) is 63.2 Å². The van der Waals surface area contributed by atoms with Gasteiger partial charge in [-0.15, -0.1) is 11.8 Å². The zero-order valence-electron chi connectivity index (χ0n) is 23.9. The Kier molecular flexibility index (Phi) is 8.26. The van der Waals surface area contributed by atoms with Crippen LogP contribution in [0.3, 0.4) is 0 Å². The van der Waals surface area contributed by atoms with Crippen molar-refractivity contribution in [2.75, 3.05) is 19.5 Å². The van der Waals surface area contributed by atoms with Gasteiger partial charge in [0.15, 0.2) is 0 Å². The van der Waals surface area contributed by atoms with Crippen LogP contribution >= 0.6 is 11.8 Å². The summed E-state index contributed by atoms with van der Waals surface area (Å²) in [7, 11) is 0. The summed E-state index contributed by atoms with van der Waals surface area (Å²) in [6, 6.07) is 11.0. The summed E-state index contributed by atoms with van der Waals surface area (Å²) in [5.74, 6) is 0.543. The van der Waals surface area contributed by atoms with E-state index in [4.69, 9.17) is 4.74 Å². The Bertz CT molecular complexity index is 1400. The molecule has 1 aromatic carbocycles. The van der Waals surface area contributed by atoms with Gasteiger partial charge in [0.25, 0.3) is 11.5 Å². The predicted molar refractivity (Wildman–Crippen MR) is 159 cm³/mol. The van der Waals surface area contributed by atoms with Gasteiger partial charge >= 0.3 is 0 Å². The Balaban J connectivity index is 1.30. The lowest BCUT2D eigenvalue weighted by Gasteiger charge is -2.43. The lowest BCUT2D eigenvalue weighted by atomic mass is 9.81. The normalized spacial score (nSPS) is 21.5. The first-order valence-electron chi connectivity index (χ1n) is 14.2. The highest BCUT2D eigenvalue weighted by atomic mass is 32.2. The number of para-hydroxylation sites is 1. The van der Waals surface area contributed by atoms with Gasteiger partial charge in [0.2, 0.25) is 0 Å². The minimum Gasteiger partial charge on any atom is -0.377 e. The molecule has 2 aromatic heterocycles. The van der Waals surface area contributed by atoms with E-state index in [1.165, 1.54) is 37.4 Å². The average Bonchev–Trinajstić information content (AvgIpc) is 3.19. The van der Waals surface area contributed by atoms with Crippen molar-refractivity contribution in [2.45, 2.75) is 88.9 Å². The van der Waals surface area contributed by atoms with Crippen molar-refractivity contribution in [3.63, 3.8) is 0 Å². The van der Waals surface area contributed by atoms with Crippen LogP contribution in [-0.4, -0.2) is 46.5 Å². The van der Waals surface area contributed by atoms with Crippen molar-refractivity contribution in [1.82, 2.24) is 20.2 Å². The number of pyridine rings is 1. The molecule has 0 bridgehead atoms. The van der Waals surface area contributed by atoms with Gasteiger partial charge in [-0.1, -0.05) is 18.2 Å². The molecule has 0 unspecified atom stereocenters. The fraction of sp³-hybridized carbons (Fsp3) is 0.548. The van der Waals surface area contributed by atoms with Crippen LogP contribution < -0.4 is 16.2 Å². The minimum absolute atomic E-state index is 0.137. The first-order chi connectivity index (χ1) is 18.7. The van der Waals surface area contributed by atoms with Crippen molar-refractivity contribution < 1.29 is 9.53 Å². The van der Waals surface area contributed by atoms with Crippen LogP contribution in [0.2, 0.25) is 0 Å². The van der Waals surface area contributed by atoms with Gasteiger partial charge < -0.3 is 24.9 Å². The number of carbonyl (C=O) groups is 1. The number of aromatic amines is 1. The number of hydrogen-bond donors (Lipinski definition) is 3. The number of aromatic nitrogens is 2. The zero-order valence-corrected chi connectivity index (χ0v) is 24.7. The lowest BCUT2D eigenvalue weighted by molar-refractivity contribution is -0.0717. The third kappa shape index (κ3) is 5.83. The molecule has 3 heterocycles. The van der Waals surface area contributed by atoms with E-state index in [2.05, 4.69) is 47.0 Å². The Morgan fingerprint density at radius 3 is 2.59 bits per heavy atom. The molecule has 39 heavy (non-hydrogen) atoms. The highest BCUT2D eigenvalue weighted by Crippen LogP contribution is 2.36. The summed E-state index contributed by atoms with van der Waals surface area (Å²) in [6.07, 6.45) is 7.93. The number of carbonyl (C=O) groups excluding carboxylic acids is 1. The van der Waals surface area contributed by atoms with Gasteiger partial charge in [0.05, 0.1) is 24.3 Å². The first kappa shape index (κ1) is 28.0. The molecule has 1 aliphatic carbocycles. The quantitative estimate of drug-likeness (QED) is 0.307. The van der Waals surface area contributed by atoms with Crippen molar-refractivity contribution >= 4 is 28.6 Å². The van der Waals surface area contributed by atoms with Crippen LogP contribution in [-0.2, 0) is 11.3 Å². The second-order valence-corrected chi connectivity index (χ2v) is 12.7. The summed E-state index contributed by atoms with van der Waals surface area (Å²) in [5.41, 5.74) is 4.21. The first-order valence-corrected chi connectivity index (χ1v) is 15.4. The molecule has 8 heteroatoms. The van der Waals surface area contributed by atoms with E-state index >= 15 is 0 Å². The summed E-state index contributed by atoms with van der Waals surface area (Å²) >= 11 is 1.52. The molecule has 1 amide bonds. The molecule has 210 valence electrons. The molecule has 0 spiro atoms. The van der Waals surface area contributed by atoms with Crippen LogP contribution in [0.1, 0.15) is 79.3 Å². The molecule has 3 N–H and O–H groups in total. The molecule has 1 saturated heterocycles. The molecule has 0 radical (unpaired) electrons. The second kappa shape index (κ2) is 11.5. The summed E-state index contributed by atoms with van der Waals surface area (Å²) in [5, 5.41) is 7.84. The average molecular weight is 551 g/mol. The van der Waals surface area contributed by atoms with Crippen LogP contribution in [0, 0.1) is 19.8 Å². The Morgan fingerprint density at radius 1 is 1.21 bits per heavy atom. The van der Waals surface area contributed by atoms with Gasteiger partial charge in [0, 0.05) is 51.4 Å². The molecule has 1 aliphatic heterocycles. The number of benzene rings is 1. The number of ether oxygens (including phenoxy) is 1. The fourth-order valence-electron chi connectivity index (χ4n) is 6.65. The summed E-state index contributed by atoms with van der Waals surface area (Å²) < 4.78 is 7.77. The van der Waals surface area contributed by atoms with Crippen molar-refractivity contribution in [3.8, 4) is 0 Å². The standard InChI is InChI=1S/C31H42N4O3S/c1-19-14-27(39-5)25(29(36)33-19)16-32-30(37)28-21(3)35(26-9-7-6-8-24(26)28)20(2)15-22-10-12-23(13-11-22)34-31(4)17-38-18-31/h6-9,14,20,22-23,34H,10-13,15-18H2,1-5H3,(H,32,37)(H,33,36)/t20-,22?,23?/m1/s1. The summed E-state index contributed by atoms with van der Waals surface area (Å²) in [4.78, 5) is 29.9. The van der Waals surface area contributed by atoms with Gasteiger partial charge in [-0.25, -0.2) is 0 Å². The minimum atomic E-state index is -0.146. The smallest absolute Gasteiger partial charge is 0.254 e. The van der Waals surface area contributed by atoms with Crippen LogP contribution in [0.4, 0.5) is 0 Å². The fourth-order valence-corrected chi connectivity index (χ4v) is 7.36. The van der Waals surface area contributed by atoms with E-state index in [0.717, 1.165) is 46.8 Å². The van der Waals surface area contributed by atoms with E-state index in [0.29, 0.717) is 23.1 Å². The number of nitrogens with one attached hydrogen (secondary N) is 3. The van der Waals surface area contributed by atoms with E-state index in [-0.39, 0.29) is 29.6 Å². The van der Waals surface area contributed by atoms with Gasteiger partial charge in [-0.05, 0) is 84.1 Å². The molecular formula is C31H42N4O3S. The number of amides is 1. The largest absolute Gasteiger partial charge is 0.377 e. The second-order valence-electron chi connectivity index (χ2n) is 11.9. The highest BCUT2D eigenvalue weighted by molar-refractivity contribution is 7.98. The molecule has 3 aromatic rings. The topological polar surface area (TPSA) is 88.2 Å². The van der Waals surface area contributed by atoms with E-state index in [9.17, 15) is 9.59 Å². The molecule has 5 rings (SSSR count). The van der Waals surface area contributed by atoms with Crippen molar-refractivity contribution in [1.29, 1.82) is 0 Å². The molecule has 2 fully saturated rings. The van der Waals surface area contributed by atoms with Gasteiger partial charge in [-0.2, -0.15) is 0 Å². The molecular weight excluding hydrogens is 508 g/mol. The van der Waals surface area contributed by atoms with E-state index < -0.39 is 0 Å². The van der Waals surface area contributed by atoms with Crippen molar-refractivity contribution in [2.24, 2.45) is 5.92 Å². The Hall–Kier alpha value is -2.55. The van der Waals surface area contributed by atoms with Crippen LogP contribution in [0.5, 0.6) is 0 Å². The number of aryl methyl sites for hydroxylation is 1. The Labute approximate surface area is 235 Å². The molecule has 1 saturated carbocycles. The third-order valence-corrected chi connectivity index (χ3v) is 9.42. The number of nitrogens with zero attached hydrogens (tertiary/aromatic N) is 1. The van der Waals surface area contributed by atoms with Crippen LogP contribution in [0.15, 0.2) is 40.0 Å². The maximum absolute atomic E-state index is 13.6. The Morgan fingerprint density at radius 2 is 1.92 bits per heavy atom. The molecule has 2 aliphatic rings.